The van der Waals surface area contributed by atoms with Crippen LogP contribution in [0.1, 0.15) is 0 Å². The lowest BCUT2D eigenvalue weighted by Crippen LogP contribution is -2.04. The molecule has 0 saturated heterocycles. The van der Waals surface area contributed by atoms with Gasteiger partial charge in [-0.05, 0) is 79.5 Å². The molecule has 13 aromatic rings. The van der Waals surface area contributed by atoms with Crippen LogP contribution in [0.2, 0.25) is 0 Å². The molecule has 0 aliphatic heterocycles. The Morgan fingerprint density at radius 1 is 0.375 bits per heavy atom. The van der Waals surface area contributed by atoms with Gasteiger partial charge >= 0.3 is 0 Å². The van der Waals surface area contributed by atoms with Crippen LogP contribution in [0.15, 0.2) is 180 Å². The van der Waals surface area contributed by atoms with Crippen LogP contribution >= 0.6 is 0 Å². The molecule has 4 heteroatoms. The van der Waals surface area contributed by atoms with Crippen molar-refractivity contribution in [3.05, 3.63) is 176 Å². The van der Waals surface area contributed by atoms with Gasteiger partial charge in [0.25, 0.3) is 0 Å². The average Bonchev–Trinajstić information content (AvgIpc) is 3.82. The quantitative estimate of drug-likeness (QED) is 0.168. The van der Waals surface area contributed by atoms with E-state index in [0.717, 1.165) is 71.3 Å². The first kappa shape index (κ1) is 29.8. The molecule has 0 amide bonds. The van der Waals surface area contributed by atoms with Crippen LogP contribution < -0.4 is 0 Å². The third-order valence-electron chi connectivity index (χ3n) is 11.9. The number of benzene rings is 10. The number of para-hydroxylation sites is 1. The Hall–Kier alpha value is -7.56. The molecule has 10 aromatic carbocycles. The maximum atomic E-state index is 6.28. The summed E-state index contributed by atoms with van der Waals surface area (Å²) >= 11 is 0. The number of aromatic nitrogens is 3. The van der Waals surface area contributed by atoms with E-state index in [2.05, 4.69) is 168 Å². The zero-order valence-electron chi connectivity index (χ0n) is 30.0. The molecular formula is C52H29N3O. The number of hydrogen-bond acceptors (Lipinski definition) is 3. The van der Waals surface area contributed by atoms with Gasteiger partial charge in [-0.1, -0.05) is 140 Å². The van der Waals surface area contributed by atoms with E-state index in [1.165, 1.54) is 48.5 Å². The Morgan fingerprint density at radius 3 is 1.77 bits per heavy atom. The van der Waals surface area contributed by atoms with Crippen molar-refractivity contribution in [3.8, 4) is 17.2 Å². The zero-order chi connectivity index (χ0) is 36.5. The Morgan fingerprint density at radius 2 is 0.964 bits per heavy atom. The number of fused-ring (bicyclic) bond motifs is 18. The minimum atomic E-state index is 0.640. The molecule has 13 rings (SSSR count). The summed E-state index contributed by atoms with van der Waals surface area (Å²) < 4.78 is 8.60. The van der Waals surface area contributed by atoms with Crippen molar-refractivity contribution < 1.29 is 4.42 Å². The molecule has 0 aliphatic rings. The van der Waals surface area contributed by atoms with Crippen molar-refractivity contribution in [1.29, 1.82) is 0 Å². The molecule has 0 saturated carbocycles. The van der Waals surface area contributed by atoms with Gasteiger partial charge in [-0.3, -0.25) is 4.57 Å². The second-order valence-corrected chi connectivity index (χ2v) is 14.9. The lowest BCUT2D eigenvalue weighted by molar-refractivity contribution is 0.669. The molecule has 0 N–H and O–H groups in total. The lowest BCUT2D eigenvalue weighted by Gasteiger charge is -2.15. The Labute approximate surface area is 319 Å². The smallest absolute Gasteiger partial charge is 0.235 e. The summed E-state index contributed by atoms with van der Waals surface area (Å²) in [6.07, 6.45) is 0. The third kappa shape index (κ3) is 3.97. The van der Waals surface area contributed by atoms with Crippen LogP contribution in [0.5, 0.6) is 0 Å². The predicted molar refractivity (Wildman–Crippen MR) is 234 cm³/mol. The van der Waals surface area contributed by atoms with E-state index in [9.17, 15) is 0 Å². The molecular weight excluding hydrogens is 683 g/mol. The predicted octanol–water partition coefficient (Wildman–Crippen LogP) is 14.1. The van der Waals surface area contributed by atoms with Gasteiger partial charge in [0.05, 0.1) is 22.2 Å². The fourth-order valence-electron chi connectivity index (χ4n) is 9.54. The molecule has 0 radical (unpaired) electrons. The van der Waals surface area contributed by atoms with Gasteiger partial charge in [-0.15, -0.1) is 0 Å². The summed E-state index contributed by atoms with van der Waals surface area (Å²) in [6.45, 7) is 0. The molecule has 3 heterocycles. The average molecular weight is 712 g/mol. The normalized spacial score (nSPS) is 12.3. The highest BCUT2D eigenvalue weighted by Crippen LogP contribution is 2.45. The second-order valence-electron chi connectivity index (χ2n) is 14.9. The van der Waals surface area contributed by atoms with Gasteiger partial charge in [0, 0.05) is 43.3 Å². The number of rotatable bonds is 2. The molecule has 56 heavy (non-hydrogen) atoms. The Kier molecular flexibility index (Phi) is 5.86. The Bertz CT molecular complexity index is 3800. The fraction of sp³-hybridized carbons (Fsp3) is 0. The van der Waals surface area contributed by atoms with E-state index in [4.69, 9.17) is 14.4 Å². The second kappa shape index (κ2) is 11.0. The Balaban J connectivity index is 1.22. The maximum Gasteiger partial charge on any atom is 0.235 e. The van der Waals surface area contributed by atoms with Gasteiger partial charge in [-0.25, -0.2) is 9.97 Å². The number of furan rings is 1. The monoisotopic (exact) mass is 711 g/mol. The molecule has 3 aromatic heterocycles. The maximum absolute atomic E-state index is 6.28. The van der Waals surface area contributed by atoms with Crippen LogP contribution in [0.3, 0.4) is 0 Å². The van der Waals surface area contributed by atoms with Crippen LogP contribution in [-0.4, -0.2) is 14.5 Å². The van der Waals surface area contributed by atoms with Gasteiger partial charge < -0.3 is 4.42 Å². The molecule has 0 aliphatic carbocycles. The minimum Gasteiger partial charge on any atom is -0.456 e. The van der Waals surface area contributed by atoms with Crippen molar-refractivity contribution in [2.24, 2.45) is 0 Å². The van der Waals surface area contributed by atoms with Crippen LogP contribution in [0.4, 0.5) is 0 Å². The molecule has 0 spiro atoms. The third-order valence-corrected chi connectivity index (χ3v) is 11.9. The van der Waals surface area contributed by atoms with Crippen LogP contribution in [-0.2, 0) is 0 Å². The minimum absolute atomic E-state index is 0.640. The highest BCUT2D eigenvalue weighted by atomic mass is 16.3. The van der Waals surface area contributed by atoms with E-state index < -0.39 is 0 Å². The number of nitrogens with zero attached hydrogens (tertiary/aromatic N) is 3. The van der Waals surface area contributed by atoms with E-state index in [-0.39, 0.29) is 0 Å². The summed E-state index contributed by atoms with van der Waals surface area (Å²) in [7, 11) is 0. The van der Waals surface area contributed by atoms with Crippen molar-refractivity contribution in [3.63, 3.8) is 0 Å². The van der Waals surface area contributed by atoms with Crippen LogP contribution in [0, 0.1) is 0 Å². The van der Waals surface area contributed by atoms with Crippen molar-refractivity contribution in [1.82, 2.24) is 14.5 Å². The van der Waals surface area contributed by atoms with Crippen molar-refractivity contribution in [2.45, 2.75) is 0 Å². The zero-order valence-corrected chi connectivity index (χ0v) is 30.0. The van der Waals surface area contributed by atoms with E-state index in [0.29, 0.717) is 5.95 Å². The highest BCUT2D eigenvalue weighted by molar-refractivity contribution is 6.36. The lowest BCUT2D eigenvalue weighted by atomic mass is 9.91. The van der Waals surface area contributed by atoms with Gasteiger partial charge in [0.2, 0.25) is 5.95 Å². The molecule has 0 bridgehead atoms. The standard InChI is InChI=1S/C52H29N3O/c1-3-13-33-30(11-1)22-26-43-48(33)50(32-23-28-46-42(29-32)38-18-9-10-20-45(38)56-46)54-52(53-43)55-44-27-25-40-37-17-6-5-15-35(37)36-16-7-8-19-39(36)47(40)49(44)41-24-21-31-12-2-4-14-34(31)51(41)55/h1-29H. The van der Waals surface area contributed by atoms with E-state index >= 15 is 0 Å². The first-order valence-corrected chi connectivity index (χ1v) is 19.1. The first-order chi connectivity index (χ1) is 27.8. The van der Waals surface area contributed by atoms with E-state index in [1.54, 1.807) is 0 Å². The highest BCUT2D eigenvalue weighted by Gasteiger charge is 2.23. The molecule has 0 unspecified atom stereocenters. The van der Waals surface area contributed by atoms with Gasteiger partial charge in [-0.2, -0.15) is 0 Å². The molecule has 0 atom stereocenters. The SMILES string of the molecule is c1ccc2c(c1)ccc1nc(-n3c4ccc5c6ccccc6c6ccccc6c5c4c4ccc5ccccc5c43)nc(-c3ccc4oc5ccccc5c4c3)c12. The summed E-state index contributed by atoms with van der Waals surface area (Å²) in [5, 5.41) is 17.7. The van der Waals surface area contributed by atoms with Crippen molar-refractivity contribution in [2.75, 3.05) is 0 Å². The molecule has 258 valence electrons. The number of hydrogen-bond donors (Lipinski definition) is 0. The summed E-state index contributed by atoms with van der Waals surface area (Å²) in [5.74, 6) is 0.640. The van der Waals surface area contributed by atoms with Gasteiger partial charge in [0.15, 0.2) is 0 Å². The first-order valence-electron chi connectivity index (χ1n) is 19.1. The fourth-order valence-corrected chi connectivity index (χ4v) is 9.54. The summed E-state index contributed by atoms with van der Waals surface area (Å²) in [5.41, 5.74) is 6.72. The van der Waals surface area contributed by atoms with Crippen LogP contribution in [0.25, 0.3) is 126 Å². The summed E-state index contributed by atoms with van der Waals surface area (Å²) in [4.78, 5) is 11.1. The topological polar surface area (TPSA) is 43.9 Å². The van der Waals surface area contributed by atoms with E-state index in [1.807, 2.05) is 12.1 Å². The van der Waals surface area contributed by atoms with Gasteiger partial charge in [0.1, 0.15) is 11.2 Å². The summed E-state index contributed by atoms with van der Waals surface area (Å²) in [6, 6.07) is 63.0. The largest absolute Gasteiger partial charge is 0.456 e. The van der Waals surface area contributed by atoms with Crippen molar-refractivity contribution >= 4 is 109 Å². The molecule has 0 fully saturated rings. The molecule has 4 nitrogen and oxygen atoms in total.